The number of aromatic nitrogens is 2. The fraction of sp³-hybridized carbons (Fsp3) is 0.556. The number of hydrogen-bond acceptors (Lipinski definition) is 5. The molecule has 0 saturated heterocycles. The van der Waals surface area contributed by atoms with Crippen molar-refractivity contribution in [1.29, 1.82) is 0 Å². The van der Waals surface area contributed by atoms with Crippen LogP contribution in [0.25, 0.3) is 0 Å². The van der Waals surface area contributed by atoms with E-state index in [1.54, 1.807) is 7.11 Å². The Balaban J connectivity index is 2.81. The highest BCUT2D eigenvalue weighted by molar-refractivity contribution is 14.1. The molecule has 0 unspecified atom stereocenters. The van der Waals surface area contributed by atoms with Gasteiger partial charge in [0.2, 0.25) is 11.8 Å². The van der Waals surface area contributed by atoms with Gasteiger partial charge in [-0.05, 0) is 29.0 Å². The first-order valence-electron chi connectivity index (χ1n) is 4.80. The van der Waals surface area contributed by atoms with Gasteiger partial charge in [0.15, 0.2) is 0 Å². The van der Waals surface area contributed by atoms with Crippen LogP contribution in [0.2, 0.25) is 0 Å². The van der Waals surface area contributed by atoms with Gasteiger partial charge < -0.3 is 15.8 Å². The third-order valence-corrected chi connectivity index (χ3v) is 2.83. The molecule has 0 spiro atoms. The molecule has 0 bridgehead atoms. The first-order valence-corrected chi connectivity index (χ1v) is 5.87. The first kappa shape index (κ1) is 12.3. The Morgan fingerprint density at radius 2 is 2.20 bits per heavy atom. The standard InChI is InChI=1S/C9H15IN4O/c1-3-4-5-12-7-6(10)8(15-2)14-9(11)13-7/h3-5H2,1-2H3,(H3,11,12,13,14). The normalized spacial score (nSPS) is 10.1. The van der Waals surface area contributed by atoms with Crippen molar-refractivity contribution in [3.63, 3.8) is 0 Å². The molecule has 1 aromatic rings. The van der Waals surface area contributed by atoms with E-state index in [4.69, 9.17) is 10.5 Å². The third kappa shape index (κ3) is 3.37. The van der Waals surface area contributed by atoms with Crippen molar-refractivity contribution < 1.29 is 4.74 Å². The van der Waals surface area contributed by atoms with Gasteiger partial charge in [-0.2, -0.15) is 9.97 Å². The Morgan fingerprint density at radius 3 is 2.80 bits per heavy atom. The monoisotopic (exact) mass is 322 g/mol. The molecule has 5 nitrogen and oxygen atoms in total. The zero-order valence-electron chi connectivity index (χ0n) is 8.88. The summed E-state index contributed by atoms with van der Waals surface area (Å²) in [6, 6.07) is 0. The van der Waals surface area contributed by atoms with Gasteiger partial charge in [-0.15, -0.1) is 0 Å². The van der Waals surface area contributed by atoms with Crippen LogP contribution >= 0.6 is 22.6 Å². The summed E-state index contributed by atoms with van der Waals surface area (Å²) in [5.41, 5.74) is 5.56. The maximum atomic E-state index is 5.56. The lowest BCUT2D eigenvalue weighted by Gasteiger charge is -2.10. The fourth-order valence-electron chi connectivity index (χ4n) is 1.08. The van der Waals surface area contributed by atoms with Crippen molar-refractivity contribution >= 4 is 34.4 Å². The van der Waals surface area contributed by atoms with Gasteiger partial charge in [0.05, 0.1) is 7.11 Å². The molecule has 0 atom stereocenters. The van der Waals surface area contributed by atoms with E-state index >= 15 is 0 Å². The van der Waals surface area contributed by atoms with E-state index in [2.05, 4.69) is 44.8 Å². The van der Waals surface area contributed by atoms with Crippen LogP contribution in [0, 0.1) is 3.57 Å². The van der Waals surface area contributed by atoms with Crippen LogP contribution in [0.5, 0.6) is 5.88 Å². The van der Waals surface area contributed by atoms with Gasteiger partial charge in [0.1, 0.15) is 9.39 Å². The highest BCUT2D eigenvalue weighted by Crippen LogP contribution is 2.25. The number of nitrogen functional groups attached to an aromatic ring is 1. The molecule has 0 aromatic carbocycles. The fourth-order valence-corrected chi connectivity index (χ4v) is 1.73. The molecule has 0 radical (unpaired) electrons. The molecule has 3 N–H and O–H groups in total. The molecule has 1 rings (SSSR count). The van der Waals surface area contributed by atoms with Crippen molar-refractivity contribution in [2.75, 3.05) is 24.7 Å². The number of ether oxygens (including phenoxy) is 1. The lowest BCUT2D eigenvalue weighted by Crippen LogP contribution is -2.09. The van der Waals surface area contributed by atoms with Gasteiger partial charge in [-0.1, -0.05) is 13.3 Å². The molecule has 0 aliphatic rings. The topological polar surface area (TPSA) is 73.1 Å². The predicted molar refractivity (Wildman–Crippen MR) is 69.1 cm³/mol. The Labute approximate surface area is 103 Å². The molecule has 0 saturated carbocycles. The third-order valence-electron chi connectivity index (χ3n) is 1.85. The summed E-state index contributed by atoms with van der Waals surface area (Å²) >= 11 is 2.14. The van der Waals surface area contributed by atoms with Crippen LogP contribution in [-0.4, -0.2) is 23.6 Å². The maximum absolute atomic E-state index is 5.56. The largest absolute Gasteiger partial charge is 0.480 e. The van der Waals surface area contributed by atoms with Crippen LogP contribution in [0.4, 0.5) is 11.8 Å². The number of hydrogen-bond donors (Lipinski definition) is 2. The van der Waals surface area contributed by atoms with Crippen molar-refractivity contribution in [3.05, 3.63) is 3.57 Å². The lowest BCUT2D eigenvalue weighted by molar-refractivity contribution is 0.394. The molecule has 0 aliphatic carbocycles. The van der Waals surface area contributed by atoms with Gasteiger partial charge in [0, 0.05) is 6.54 Å². The number of anilines is 2. The Kier molecular flexibility index (Phi) is 4.86. The smallest absolute Gasteiger partial charge is 0.233 e. The van der Waals surface area contributed by atoms with E-state index in [1.807, 2.05) is 0 Å². The molecule has 0 amide bonds. The summed E-state index contributed by atoms with van der Waals surface area (Å²) in [4.78, 5) is 8.10. The van der Waals surface area contributed by atoms with E-state index in [0.717, 1.165) is 28.8 Å². The molecule has 15 heavy (non-hydrogen) atoms. The Bertz CT molecular complexity index is 332. The number of nitrogens with two attached hydrogens (primary N) is 1. The second-order valence-corrected chi connectivity index (χ2v) is 4.11. The minimum Gasteiger partial charge on any atom is -0.480 e. The number of nitrogens with one attached hydrogen (secondary N) is 1. The van der Waals surface area contributed by atoms with Crippen molar-refractivity contribution in [3.8, 4) is 5.88 Å². The number of rotatable bonds is 5. The molecule has 0 aliphatic heterocycles. The van der Waals surface area contributed by atoms with E-state index in [1.165, 1.54) is 0 Å². The van der Waals surface area contributed by atoms with Gasteiger partial charge >= 0.3 is 0 Å². The lowest BCUT2D eigenvalue weighted by atomic mass is 10.3. The minimum atomic E-state index is 0.228. The summed E-state index contributed by atoms with van der Waals surface area (Å²) in [7, 11) is 1.57. The van der Waals surface area contributed by atoms with Crippen molar-refractivity contribution in [1.82, 2.24) is 9.97 Å². The zero-order valence-corrected chi connectivity index (χ0v) is 11.0. The van der Waals surface area contributed by atoms with E-state index in [9.17, 15) is 0 Å². The predicted octanol–water partition coefficient (Wildman–Crippen LogP) is 1.88. The SMILES string of the molecule is CCCCNc1nc(N)nc(OC)c1I. The van der Waals surface area contributed by atoms with E-state index in [0.29, 0.717) is 5.88 Å². The van der Waals surface area contributed by atoms with Crippen LogP contribution < -0.4 is 15.8 Å². The quantitative estimate of drug-likeness (QED) is 0.640. The second kappa shape index (κ2) is 5.94. The molecule has 6 heteroatoms. The summed E-state index contributed by atoms with van der Waals surface area (Å²) in [6.45, 7) is 3.02. The summed E-state index contributed by atoms with van der Waals surface area (Å²) in [5, 5.41) is 3.21. The number of methoxy groups -OCH3 is 1. The number of unbranched alkanes of at least 4 members (excludes halogenated alkanes) is 1. The van der Waals surface area contributed by atoms with Crippen LogP contribution in [-0.2, 0) is 0 Å². The number of halogens is 1. The Hall–Kier alpha value is -0.790. The van der Waals surface area contributed by atoms with Gasteiger partial charge in [0.25, 0.3) is 0 Å². The molecular formula is C9H15IN4O. The Morgan fingerprint density at radius 1 is 1.47 bits per heavy atom. The zero-order chi connectivity index (χ0) is 11.3. The second-order valence-electron chi connectivity index (χ2n) is 3.03. The van der Waals surface area contributed by atoms with Crippen LogP contribution in [0.15, 0.2) is 0 Å². The van der Waals surface area contributed by atoms with Crippen molar-refractivity contribution in [2.24, 2.45) is 0 Å². The van der Waals surface area contributed by atoms with Crippen LogP contribution in [0.3, 0.4) is 0 Å². The molecule has 1 aromatic heterocycles. The molecule has 84 valence electrons. The van der Waals surface area contributed by atoms with E-state index < -0.39 is 0 Å². The van der Waals surface area contributed by atoms with Gasteiger partial charge in [-0.3, -0.25) is 0 Å². The molecular weight excluding hydrogens is 307 g/mol. The summed E-state index contributed by atoms with van der Waals surface area (Å²) < 4.78 is 5.96. The summed E-state index contributed by atoms with van der Waals surface area (Å²) in [5.74, 6) is 1.49. The minimum absolute atomic E-state index is 0.228. The van der Waals surface area contributed by atoms with Gasteiger partial charge in [-0.25, -0.2) is 0 Å². The average Bonchev–Trinajstić information content (AvgIpc) is 2.23. The molecule has 0 fully saturated rings. The van der Waals surface area contributed by atoms with E-state index in [-0.39, 0.29) is 5.95 Å². The number of nitrogens with zero attached hydrogens (tertiary/aromatic N) is 2. The molecule has 1 heterocycles. The maximum Gasteiger partial charge on any atom is 0.233 e. The average molecular weight is 322 g/mol. The summed E-state index contributed by atoms with van der Waals surface area (Å²) in [6.07, 6.45) is 2.24. The highest BCUT2D eigenvalue weighted by atomic mass is 127. The van der Waals surface area contributed by atoms with Crippen molar-refractivity contribution in [2.45, 2.75) is 19.8 Å². The highest BCUT2D eigenvalue weighted by Gasteiger charge is 2.10. The van der Waals surface area contributed by atoms with Crippen LogP contribution in [0.1, 0.15) is 19.8 Å². The first-order chi connectivity index (χ1) is 7.19.